The smallest absolute Gasteiger partial charge is 0.0446 e. The third-order valence-corrected chi connectivity index (χ3v) is 1.98. The first-order chi connectivity index (χ1) is 3.91. The normalized spacial score (nSPS) is 29.0. The van der Waals surface area contributed by atoms with Crippen molar-refractivity contribution >= 4 is 12.4 Å². The van der Waals surface area contributed by atoms with Crippen LogP contribution in [0.1, 0.15) is 19.3 Å². The molecule has 2 nitrogen and oxygen atoms in total. The lowest BCUT2D eigenvalue weighted by molar-refractivity contribution is 0.353. The molecule has 0 N–H and O–H groups in total. The highest BCUT2D eigenvalue weighted by molar-refractivity contribution is 5.93. The van der Waals surface area contributed by atoms with Gasteiger partial charge in [-0.25, -0.2) is 0 Å². The number of hydrogen-bond donors (Lipinski definition) is 0. The van der Waals surface area contributed by atoms with Crippen molar-refractivity contribution in [2.45, 2.75) is 19.3 Å². The van der Waals surface area contributed by atoms with E-state index >= 15 is 0 Å². The molecule has 1 aliphatic heterocycles. The van der Waals surface area contributed by atoms with Gasteiger partial charge < -0.3 is 0 Å². The van der Waals surface area contributed by atoms with Crippen LogP contribution >= 0.6 is 0 Å². The average molecular weight is 108 g/mol. The van der Waals surface area contributed by atoms with E-state index in [0.29, 0.717) is 5.41 Å². The summed E-state index contributed by atoms with van der Waals surface area (Å²) in [7, 11) is 0. The summed E-state index contributed by atoms with van der Waals surface area (Å²) in [5.41, 5.74) is 0.333. The molecule has 1 spiro atoms. The Hall–Kier alpha value is -0.660. The highest BCUT2D eigenvalue weighted by Crippen LogP contribution is 2.38. The molecule has 2 rings (SSSR count). The SMILES string of the molecule is C1=NN=CC12CCC2. The van der Waals surface area contributed by atoms with Gasteiger partial charge in [0.1, 0.15) is 0 Å². The first-order valence-electron chi connectivity index (χ1n) is 3.00. The minimum atomic E-state index is 0.333. The average Bonchev–Trinajstić information content (AvgIpc) is 2.07. The minimum absolute atomic E-state index is 0.333. The topological polar surface area (TPSA) is 24.7 Å². The molecular weight excluding hydrogens is 100 g/mol. The van der Waals surface area contributed by atoms with Gasteiger partial charge in [0.2, 0.25) is 0 Å². The summed E-state index contributed by atoms with van der Waals surface area (Å²) in [4.78, 5) is 0. The van der Waals surface area contributed by atoms with E-state index < -0.39 is 0 Å². The zero-order chi connectivity index (χ0) is 5.45. The molecule has 0 amide bonds. The van der Waals surface area contributed by atoms with Crippen LogP contribution in [-0.2, 0) is 0 Å². The predicted molar refractivity (Wildman–Crippen MR) is 33.3 cm³/mol. The molecule has 0 radical (unpaired) electrons. The van der Waals surface area contributed by atoms with E-state index in [9.17, 15) is 0 Å². The summed E-state index contributed by atoms with van der Waals surface area (Å²) in [5.74, 6) is 0. The molecule has 1 aliphatic carbocycles. The Morgan fingerprint density at radius 2 is 1.75 bits per heavy atom. The van der Waals surface area contributed by atoms with Crippen molar-refractivity contribution in [3.63, 3.8) is 0 Å². The van der Waals surface area contributed by atoms with Crippen LogP contribution in [0, 0.1) is 5.41 Å². The summed E-state index contributed by atoms with van der Waals surface area (Å²) >= 11 is 0. The Labute approximate surface area is 48.3 Å². The third kappa shape index (κ3) is 0.377. The van der Waals surface area contributed by atoms with Crippen LogP contribution in [0.4, 0.5) is 0 Å². The van der Waals surface area contributed by atoms with Crippen molar-refractivity contribution in [1.29, 1.82) is 0 Å². The van der Waals surface area contributed by atoms with E-state index in [-0.39, 0.29) is 0 Å². The van der Waals surface area contributed by atoms with Crippen molar-refractivity contribution in [3.8, 4) is 0 Å². The van der Waals surface area contributed by atoms with E-state index in [4.69, 9.17) is 0 Å². The maximum absolute atomic E-state index is 3.80. The van der Waals surface area contributed by atoms with Crippen LogP contribution in [0.5, 0.6) is 0 Å². The standard InChI is InChI=1S/C6H8N2/c1-2-6(3-1)4-7-8-5-6/h4-5H,1-3H2. The molecular formula is C6H8N2. The second kappa shape index (κ2) is 1.19. The van der Waals surface area contributed by atoms with Gasteiger partial charge in [-0.1, -0.05) is 6.42 Å². The minimum Gasteiger partial charge on any atom is -0.163 e. The zero-order valence-corrected chi connectivity index (χ0v) is 4.67. The lowest BCUT2D eigenvalue weighted by atomic mass is 9.71. The van der Waals surface area contributed by atoms with Crippen LogP contribution < -0.4 is 0 Å². The maximum Gasteiger partial charge on any atom is 0.0446 e. The molecule has 1 heterocycles. The zero-order valence-electron chi connectivity index (χ0n) is 4.67. The number of hydrogen-bond acceptors (Lipinski definition) is 2. The summed E-state index contributed by atoms with van der Waals surface area (Å²) in [6.07, 6.45) is 7.81. The van der Waals surface area contributed by atoms with Gasteiger partial charge in [-0.05, 0) is 12.8 Å². The van der Waals surface area contributed by atoms with Crippen molar-refractivity contribution in [1.82, 2.24) is 0 Å². The van der Waals surface area contributed by atoms with Crippen molar-refractivity contribution in [3.05, 3.63) is 0 Å². The Balaban J connectivity index is 2.25. The van der Waals surface area contributed by atoms with Gasteiger partial charge in [0.05, 0.1) is 0 Å². The monoisotopic (exact) mass is 108 g/mol. The molecule has 2 heteroatoms. The van der Waals surface area contributed by atoms with Gasteiger partial charge in [0, 0.05) is 17.8 Å². The fraction of sp³-hybridized carbons (Fsp3) is 0.667. The van der Waals surface area contributed by atoms with Crippen LogP contribution in [0.3, 0.4) is 0 Å². The summed E-state index contributed by atoms with van der Waals surface area (Å²) < 4.78 is 0. The molecule has 0 saturated heterocycles. The van der Waals surface area contributed by atoms with Crippen molar-refractivity contribution in [2.24, 2.45) is 15.6 Å². The molecule has 0 aromatic heterocycles. The number of nitrogens with zero attached hydrogens (tertiary/aromatic N) is 2. The Morgan fingerprint density at radius 1 is 1.12 bits per heavy atom. The van der Waals surface area contributed by atoms with Gasteiger partial charge in [-0.2, -0.15) is 10.2 Å². The van der Waals surface area contributed by atoms with Gasteiger partial charge in [-0.3, -0.25) is 0 Å². The van der Waals surface area contributed by atoms with E-state index in [1.807, 2.05) is 12.4 Å². The first-order valence-corrected chi connectivity index (χ1v) is 3.00. The second-order valence-electron chi connectivity index (χ2n) is 2.58. The van der Waals surface area contributed by atoms with Crippen LogP contribution in [-0.4, -0.2) is 12.4 Å². The second-order valence-corrected chi connectivity index (χ2v) is 2.58. The molecule has 8 heavy (non-hydrogen) atoms. The van der Waals surface area contributed by atoms with Gasteiger partial charge in [-0.15, -0.1) is 0 Å². The van der Waals surface area contributed by atoms with Crippen LogP contribution in [0.25, 0.3) is 0 Å². The fourth-order valence-electron chi connectivity index (χ4n) is 1.17. The van der Waals surface area contributed by atoms with Crippen LogP contribution in [0.15, 0.2) is 10.2 Å². The summed E-state index contributed by atoms with van der Waals surface area (Å²) in [5, 5.41) is 7.61. The predicted octanol–water partition coefficient (Wildman–Crippen LogP) is 1.23. The molecule has 0 unspecified atom stereocenters. The maximum atomic E-state index is 3.80. The van der Waals surface area contributed by atoms with E-state index in [2.05, 4.69) is 10.2 Å². The lowest BCUT2D eigenvalue weighted by Gasteiger charge is -2.31. The molecule has 0 atom stereocenters. The Kier molecular flexibility index (Phi) is 0.629. The highest BCUT2D eigenvalue weighted by Gasteiger charge is 2.35. The summed E-state index contributed by atoms with van der Waals surface area (Å²) in [6, 6.07) is 0. The molecule has 2 aliphatic rings. The molecule has 42 valence electrons. The van der Waals surface area contributed by atoms with E-state index in [1.165, 1.54) is 19.3 Å². The Bertz CT molecular complexity index is 140. The molecule has 1 saturated carbocycles. The van der Waals surface area contributed by atoms with Crippen molar-refractivity contribution < 1.29 is 0 Å². The van der Waals surface area contributed by atoms with Gasteiger partial charge >= 0.3 is 0 Å². The first kappa shape index (κ1) is 4.24. The highest BCUT2D eigenvalue weighted by atomic mass is 15.2. The molecule has 0 aromatic carbocycles. The van der Waals surface area contributed by atoms with E-state index in [1.54, 1.807) is 0 Å². The fourth-order valence-corrected chi connectivity index (χ4v) is 1.17. The van der Waals surface area contributed by atoms with Crippen molar-refractivity contribution in [2.75, 3.05) is 0 Å². The summed E-state index contributed by atoms with van der Waals surface area (Å²) in [6.45, 7) is 0. The third-order valence-electron chi connectivity index (χ3n) is 1.98. The van der Waals surface area contributed by atoms with Crippen LogP contribution in [0.2, 0.25) is 0 Å². The quantitative estimate of drug-likeness (QED) is 0.446. The lowest BCUT2D eigenvalue weighted by Crippen LogP contribution is -2.30. The molecule has 1 fully saturated rings. The van der Waals surface area contributed by atoms with Gasteiger partial charge in [0.25, 0.3) is 0 Å². The largest absolute Gasteiger partial charge is 0.163 e. The molecule has 0 bridgehead atoms. The van der Waals surface area contributed by atoms with E-state index in [0.717, 1.165) is 0 Å². The number of rotatable bonds is 0. The Morgan fingerprint density at radius 3 is 2.00 bits per heavy atom. The molecule has 0 aromatic rings. The van der Waals surface area contributed by atoms with Gasteiger partial charge in [0.15, 0.2) is 0 Å².